The molecule has 54 valence electrons. The minimum Gasteiger partial charge on any atom is -0.302 e. The normalized spacial score (nSPS) is 19.7. The van der Waals surface area contributed by atoms with E-state index in [1.165, 1.54) is 12.8 Å². The SMILES string of the molecule is CON(C(C)C)C1CC1. The molecule has 0 aromatic carbocycles. The first-order chi connectivity index (χ1) is 4.25. The molecule has 1 saturated carbocycles. The van der Waals surface area contributed by atoms with Crippen molar-refractivity contribution in [3.05, 3.63) is 0 Å². The van der Waals surface area contributed by atoms with E-state index in [1.54, 1.807) is 7.11 Å². The molecule has 0 aromatic rings. The lowest BCUT2D eigenvalue weighted by Gasteiger charge is -2.22. The predicted octanol–water partition coefficient (Wildman–Crippen LogP) is 1.42. The van der Waals surface area contributed by atoms with Crippen LogP contribution in [0.4, 0.5) is 0 Å². The van der Waals surface area contributed by atoms with Crippen LogP contribution in [-0.2, 0) is 4.84 Å². The predicted molar refractivity (Wildman–Crippen MR) is 37.0 cm³/mol. The van der Waals surface area contributed by atoms with Crippen LogP contribution in [0.5, 0.6) is 0 Å². The molecule has 0 spiro atoms. The number of hydrogen-bond donors (Lipinski definition) is 0. The summed E-state index contributed by atoms with van der Waals surface area (Å²) in [5.74, 6) is 0. The van der Waals surface area contributed by atoms with Gasteiger partial charge in [-0.1, -0.05) is 0 Å². The highest BCUT2D eigenvalue weighted by atomic mass is 16.7. The summed E-state index contributed by atoms with van der Waals surface area (Å²) in [5, 5.41) is 2.07. The van der Waals surface area contributed by atoms with Crippen molar-refractivity contribution in [1.82, 2.24) is 5.06 Å². The van der Waals surface area contributed by atoms with Gasteiger partial charge in [-0.2, -0.15) is 5.06 Å². The monoisotopic (exact) mass is 129 g/mol. The van der Waals surface area contributed by atoms with Crippen molar-refractivity contribution in [3.8, 4) is 0 Å². The topological polar surface area (TPSA) is 12.5 Å². The second-order valence-corrected chi connectivity index (χ2v) is 2.87. The molecule has 0 radical (unpaired) electrons. The van der Waals surface area contributed by atoms with Gasteiger partial charge in [0.2, 0.25) is 0 Å². The summed E-state index contributed by atoms with van der Waals surface area (Å²) in [6.07, 6.45) is 2.62. The van der Waals surface area contributed by atoms with Gasteiger partial charge in [-0.15, -0.1) is 0 Å². The zero-order chi connectivity index (χ0) is 6.85. The first kappa shape index (κ1) is 7.03. The van der Waals surface area contributed by atoms with Crippen LogP contribution < -0.4 is 0 Å². The van der Waals surface area contributed by atoms with Gasteiger partial charge in [-0.3, -0.25) is 0 Å². The molecular formula is C7H15NO. The highest BCUT2D eigenvalue weighted by Crippen LogP contribution is 2.28. The second kappa shape index (κ2) is 2.67. The lowest BCUT2D eigenvalue weighted by atomic mass is 10.4. The molecule has 1 aliphatic rings. The average Bonchev–Trinajstić information content (AvgIpc) is 2.50. The van der Waals surface area contributed by atoms with Gasteiger partial charge in [0, 0.05) is 12.1 Å². The molecule has 2 nitrogen and oxygen atoms in total. The molecule has 2 heteroatoms. The van der Waals surface area contributed by atoms with Crippen molar-refractivity contribution in [2.75, 3.05) is 7.11 Å². The van der Waals surface area contributed by atoms with Crippen LogP contribution >= 0.6 is 0 Å². The van der Waals surface area contributed by atoms with E-state index < -0.39 is 0 Å². The Morgan fingerprint density at radius 3 is 2.11 bits per heavy atom. The lowest BCUT2D eigenvalue weighted by molar-refractivity contribution is -0.160. The minimum absolute atomic E-state index is 0.530. The van der Waals surface area contributed by atoms with Crippen LogP contribution in [0.1, 0.15) is 26.7 Å². The van der Waals surface area contributed by atoms with Crippen molar-refractivity contribution in [1.29, 1.82) is 0 Å². The zero-order valence-electron chi connectivity index (χ0n) is 6.42. The Morgan fingerprint density at radius 2 is 2.00 bits per heavy atom. The van der Waals surface area contributed by atoms with Crippen LogP contribution in [0, 0.1) is 0 Å². The maximum absolute atomic E-state index is 5.17. The molecule has 0 amide bonds. The number of hydrogen-bond acceptors (Lipinski definition) is 2. The molecule has 0 saturated heterocycles. The first-order valence-electron chi connectivity index (χ1n) is 3.58. The third-order valence-corrected chi connectivity index (χ3v) is 1.63. The molecule has 1 rings (SSSR count). The summed E-state index contributed by atoms with van der Waals surface area (Å²) in [7, 11) is 1.75. The Morgan fingerprint density at radius 1 is 1.44 bits per heavy atom. The van der Waals surface area contributed by atoms with Crippen molar-refractivity contribution < 1.29 is 4.84 Å². The van der Waals surface area contributed by atoms with E-state index in [9.17, 15) is 0 Å². The molecule has 0 unspecified atom stereocenters. The largest absolute Gasteiger partial charge is 0.302 e. The third kappa shape index (κ3) is 1.66. The fraction of sp³-hybridized carbons (Fsp3) is 1.00. The Kier molecular flexibility index (Phi) is 2.09. The number of rotatable bonds is 3. The van der Waals surface area contributed by atoms with Gasteiger partial charge in [0.1, 0.15) is 0 Å². The minimum atomic E-state index is 0.530. The number of nitrogens with zero attached hydrogens (tertiary/aromatic N) is 1. The average molecular weight is 129 g/mol. The van der Waals surface area contributed by atoms with Gasteiger partial charge >= 0.3 is 0 Å². The molecule has 0 aromatic heterocycles. The summed E-state index contributed by atoms with van der Waals surface area (Å²) < 4.78 is 0. The molecule has 9 heavy (non-hydrogen) atoms. The highest BCUT2D eigenvalue weighted by Gasteiger charge is 2.30. The highest BCUT2D eigenvalue weighted by molar-refractivity contribution is 4.81. The van der Waals surface area contributed by atoms with Gasteiger partial charge in [-0.25, -0.2) is 0 Å². The van der Waals surface area contributed by atoms with Gasteiger partial charge in [0.25, 0.3) is 0 Å². The Hall–Kier alpha value is -0.0800. The van der Waals surface area contributed by atoms with Crippen molar-refractivity contribution in [3.63, 3.8) is 0 Å². The molecule has 0 aliphatic heterocycles. The summed E-state index contributed by atoms with van der Waals surface area (Å²) in [4.78, 5) is 5.17. The molecule has 0 N–H and O–H groups in total. The maximum atomic E-state index is 5.17. The van der Waals surface area contributed by atoms with Gasteiger partial charge in [0.05, 0.1) is 7.11 Å². The van der Waals surface area contributed by atoms with E-state index in [2.05, 4.69) is 18.9 Å². The lowest BCUT2D eigenvalue weighted by Crippen LogP contribution is -2.31. The van der Waals surface area contributed by atoms with Gasteiger partial charge in [0.15, 0.2) is 0 Å². The molecular weight excluding hydrogens is 114 g/mol. The van der Waals surface area contributed by atoms with E-state index in [-0.39, 0.29) is 0 Å². The third-order valence-electron chi connectivity index (χ3n) is 1.63. The summed E-state index contributed by atoms with van der Waals surface area (Å²) in [6.45, 7) is 4.31. The Labute approximate surface area is 56.8 Å². The summed E-state index contributed by atoms with van der Waals surface area (Å²) in [6, 6.07) is 1.25. The van der Waals surface area contributed by atoms with Crippen LogP contribution in [0.15, 0.2) is 0 Å². The smallest absolute Gasteiger partial charge is 0.0575 e. The number of hydroxylamine groups is 2. The van der Waals surface area contributed by atoms with Crippen LogP contribution in [0.2, 0.25) is 0 Å². The van der Waals surface area contributed by atoms with Crippen LogP contribution in [0.25, 0.3) is 0 Å². The van der Waals surface area contributed by atoms with Crippen LogP contribution in [0.3, 0.4) is 0 Å². The van der Waals surface area contributed by atoms with Crippen LogP contribution in [-0.4, -0.2) is 24.3 Å². The standard InChI is InChI=1S/C7H15NO/c1-6(2)8(9-3)7-4-5-7/h6-7H,4-5H2,1-3H3. The quantitative estimate of drug-likeness (QED) is 0.534. The molecule has 1 aliphatic carbocycles. The second-order valence-electron chi connectivity index (χ2n) is 2.87. The van der Waals surface area contributed by atoms with E-state index in [4.69, 9.17) is 4.84 Å². The van der Waals surface area contributed by atoms with Crippen molar-refractivity contribution in [2.45, 2.75) is 38.8 Å². The molecule has 0 atom stereocenters. The van der Waals surface area contributed by atoms with Gasteiger partial charge in [-0.05, 0) is 26.7 Å². The summed E-state index contributed by atoms with van der Waals surface area (Å²) >= 11 is 0. The van der Waals surface area contributed by atoms with Crippen molar-refractivity contribution in [2.24, 2.45) is 0 Å². The summed E-state index contributed by atoms with van der Waals surface area (Å²) in [5.41, 5.74) is 0. The fourth-order valence-electron chi connectivity index (χ4n) is 1.11. The van der Waals surface area contributed by atoms with E-state index in [0.717, 1.165) is 6.04 Å². The maximum Gasteiger partial charge on any atom is 0.0575 e. The Balaban J connectivity index is 2.28. The zero-order valence-corrected chi connectivity index (χ0v) is 6.42. The van der Waals surface area contributed by atoms with Crippen molar-refractivity contribution >= 4 is 0 Å². The van der Waals surface area contributed by atoms with E-state index >= 15 is 0 Å². The Bertz CT molecular complexity index is 86.9. The fourth-order valence-corrected chi connectivity index (χ4v) is 1.11. The molecule has 1 fully saturated rings. The molecule has 0 bridgehead atoms. The van der Waals surface area contributed by atoms with E-state index in [1.807, 2.05) is 0 Å². The first-order valence-corrected chi connectivity index (χ1v) is 3.58. The molecule has 0 heterocycles. The van der Waals surface area contributed by atoms with E-state index in [0.29, 0.717) is 6.04 Å². The van der Waals surface area contributed by atoms with Gasteiger partial charge < -0.3 is 4.84 Å².